The molecule has 9 nitrogen and oxygen atoms in total. The molecule has 1 amide bonds. The molecule has 1 saturated heterocycles. The number of benzene rings is 2. The fourth-order valence-electron chi connectivity index (χ4n) is 3.74. The normalized spacial score (nSPS) is 18.1. The van der Waals surface area contributed by atoms with Crippen LogP contribution in [0.2, 0.25) is 0 Å². The van der Waals surface area contributed by atoms with Gasteiger partial charge in [-0.1, -0.05) is 29.0 Å². The van der Waals surface area contributed by atoms with Crippen molar-refractivity contribution >= 4 is 33.0 Å². The van der Waals surface area contributed by atoms with Crippen molar-refractivity contribution < 1.29 is 22.7 Å². The van der Waals surface area contributed by atoms with E-state index in [1.54, 1.807) is 42.5 Å². The Hall–Kier alpha value is -3.02. The van der Waals surface area contributed by atoms with E-state index in [4.69, 9.17) is 9.47 Å². The highest BCUT2D eigenvalue weighted by Gasteiger charge is 2.38. The van der Waals surface area contributed by atoms with E-state index in [-0.39, 0.29) is 16.7 Å². The quantitative estimate of drug-likeness (QED) is 0.606. The van der Waals surface area contributed by atoms with E-state index in [0.717, 1.165) is 16.9 Å². The molecule has 1 fully saturated rings. The van der Waals surface area contributed by atoms with Crippen LogP contribution >= 0.6 is 11.3 Å². The number of anilines is 1. The molecule has 2 aliphatic heterocycles. The molecule has 3 heterocycles. The summed E-state index contributed by atoms with van der Waals surface area (Å²) in [6.45, 7) is 2.46. The molecule has 1 N–H and O–H groups in total. The molecule has 1 atom stereocenters. The molecule has 0 aliphatic carbocycles. The molecule has 11 heteroatoms. The number of hydrogen-bond acceptors (Lipinski definition) is 8. The zero-order valence-corrected chi connectivity index (χ0v) is 18.8. The fraction of sp³-hybridized carbons (Fsp3) is 0.286. The van der Waals surface area contributed by atoms with Crippen LogP contribution in [0.5, 0.6) is 11.5 Å². The Morgan fingerprint density at radius 1 is 1.12 bits per heavy atom. The topological polar surface area (TPSA) is 111 Å². The molecule has 3 aromatic rings. The summed E-state index contributed by atoms with van der Waals surface area (Å²) in [5.74, 6) is 0.763. The van der Waals surface area contributed by atoms with Crippen LogP contribution in [0.3, 0.4) is 0 Å². The highest BCUT2D eigenvalue weighted by molar-refractivity contribution is 7.89. The Kier molecular flexibility index (Phi) is 5.31. The minimum atomic E-state index is -3.67. The van der Waals surface area contributed by atoms with Crippen LogP contribution in [-0.4, -0.2) is 42.2 Å². The number of sulfonamides is 1. The second-order valence-corrected chi connectivity index (χ2v) is 10.5. The van der Waals surface area contributed by atoms with Crippen LogP contribution < -0.4 is 14.8 Å². The van der Waals surface area contributed by atoms with Crippen LogP contribution in [0.15, 0.2) is 47.4 Å². The summed E-state index contributed by atoms with van der Waals surface area (Å²) in [4.78, 5) is 12.9. The average Bonchev–Trinajstić information content (AvgIpc) is 3.53. The van der Waals surface area contributed by atoms with E-state index < -0.39 is 22.0 Å². The molecule has 2 aromatic carbocycles. The second kappa shape index (κ2) is 8.15. The molecule has 0 radical (unpaired) electrons. The molecular weight excluding hydrogens is 452 g/mol. The Bertz CT molecular complexity index is 1270. The maximum atomic E-state index is 13.2. The molecule has 0 spiro atoms. The molecule has 0 bridgehead atoms. The number of carbonyl (C=O) groups excluding carboxylic acids is 1. The predicted octanol–water partition coefficient (Wildman–Crippen LogP) is 3.35. The third-order valence-corrected chi connectivity index (χ3v) is 8.33. The second-order valence-electron chi connectivity index (χ2n) is 7.55. The maximum absolute atomic E-state index is 13.2. The van der Waals surface area contributed by atoms with E-state index >= 15 is 0 Å². The first kappa shape index (κ1) is 20.9. The number of fused-ring (bicyclic) bond motifs is 1. The molecule has 0 unspecified atom stereocenters. The third kappa shape index (κ3) is 3.83. The summed E-state index contributed by atoms with van der Waals surface area (Å²) in [5, 5.41) is 11.6. The van der Waals surface area contributed by atoms with Crippen molar-refractivity contribution in [1.82, 2.24) is 14.5 Å². The van der Waals surface area contributed by atoms with Gasteiger partial charge in [-0.2, -0.15) is 4.31 Å². The van der Waals surface area contributed by atoms with Crippen molar-refractivity contribution in [3.63, 3.8) is 0 Å². The van der Waals surface area contributed by atoms with Gasteiger partial charge in [0, 0.05) is 18.3 Å². The highest BCUT2D eigenvalue weighted by Crippen LogP contribution is 2.38. The zero-order chi connectivity index (χ0) is 22.3. The lowest BCUT2D eigenvalue weighted by molar-refractivity contribution is 0.102. The van der Waals surface area contributed by atoms with Gasteiger partial charge in [0.15, 0.2) is 11.5 Å². The third-order valence-electron chi connectivity index (χ3n) is 5.38. The van der Waals surface area contributed by atoms with E-state index in [0.29, 0.717) is 41.6 Å². The Labute approximate surface area is 189 Å². The number of carbonyl (C=O) groups is 1. The lowest BCUT2D eigenvalue weighted by Crippen LogP contribution is -2.30. The monoisotopic (exact) mass is 472 g/mol. The molecule has 5 rings (SSSR count). The van der Waals surface area contributed by atoms with Gasteiger partial charge in [0.1, 0.15) is 5.01 Å². The maximum Gasteiger partial charge on any atom is 0.286 e. The van der Waals surface area contributed by atoms with Crippen LogP contribution in [0.25, 0.3) is 0 Å². The standard InChI is InChI=1S/C21H20N4O5S2/c1-13-4-7-15(8-5-13)32(27,28)25-10-2-3-16(25)20-23-24-21(31-20)19(26)22-14-6-9-17-18(11-14)30-12-29-17/h4-9,11,16H,2-3,10,12H2,1H3,(H,22,26)/t16-/m1/s1. The Morgan fingerprint density at radius 3 is 2.72 bits per heavy atom. The number of nitrogens with one attached hydrogen (secondary N) is 1. The number of aromatic nitrogens is 2. The minimum Gasteiger partial charge on any atom is -0.454 e. The number of amides is 1. The van der Waals surface area contributed by atoms with E-state index in [2.05, 4.69) is 15.5 Å². The molecular formula is C21H20N4O5S2. The van der Waals surface area contributed by atoms with Crippen LogP contribution in [0.4, 0.5) is 5.69 Å². The lowest BCUT2D eigenvalue weighted by Gasteiger charge is -2.22. The minimum absolute atomic E-state index is 0.149. The summed E-state index contributed by atoms with van der Waals surface area (Å²) in [5.41, 5.74) is 1.53. The van der Waals surface area contributed by atoms with Gasteiger partial charge in [-0.15, -0.1) is 10.2 Å². The summed E-state index contributed by atoms with van der Waals surface area (Å²) >= 11 is 1.10. The molecule has 0 saturated carbocycles. The van der Waals surface area contributed by atoms with Crippen LogP contribution in [-0.2, 0) is 10.0 Å². The summed E-state index contributed by atoms with van der Waals surface area (Å²) in [7, 11) is -3.67. The van der Waals surface area contributed by atoms with Gasteiger partial charge < -0.3 is 14.8 Å². The first-order chi connectivity index (χ1) is 15.4. The van der Waals surface area contributed by atoms with E-state index in [1.165, 1.54) is 4.31 Å². The summed E-state index contributed by atoms with van der Waals surface area (Å²) in [6, 6.07) is 11.5. The van der Waals surface area contributed by atoms with Crippen molar-refractivity contribution in [3.05, 3.63) is 58.0 Å². The van der Waals surface area contributed by atoms with Gasteiger partial charge in [0.25, 0.3) is 5.91 Å². The number of rotatable bonds is 5. The van der Waals surface area contributed by atoms with Gasteiger partial charge >= 0.3 is 0 Å². The molecule has 1 aromatic heterocycles. The van der Waals surface area contributed by atoms with Crippen molar-refractivity contribution in [2.45, 2.75) is 30.7 Å². The summed E-state index contributed by atoms with van der Waals surface area (Å²) in [6.07, 6.45) is 1.34. The van der Waals surface area contributed by atoms with Gasteiger partial charge in [-0.3, -0.25) is 4.79 Å². The van der Waals surface area contributed by atoms with Gasteiger partial charge in [0.2, 0.25) is 21.8 Å². The van der Waals surface area contributed by atoms with Crippen molar-refractivity contribution in [3.8, 4) is 11.5 Å². The number of nitrogens with zero attached hydrogens (tertiary/aromatic N) is 3. The van der Waals surface area contributed by atoms with Gasteiger partial charge in [-0.05, 0) is 44.0 Å². The number of hydrogen-bond donors (Lipinski definition) is 1. The SMILES string of the molecule is Cc1ccc(S(=O)(=O)N2CCC[C@@H]2c2nnc(C(=O)Nc3ccc4c(c3)OCO4)s2)cc1. The molecule has 166 valence electrons. The van der Waals surface area contributed by atoms with E-state index in [9.17, 15) is 13.2 Å². The van der Waals surface area contributed by atoms with Crippen LogP contribution in [0, 0.1) is 6.92 Å². The highest BCUT2D eigenvalue weighted by atomic mass is 32.2. The number of ether oxygens (including phenoxy) is 2. The Morgan fingerprint density at radius 2 is 1.91 bits per heavy atom. The fourth-order valence-corrected chi connectivity index (χ4v) is 6.35. The predicted molar refractivity (Wildman–Crippen MR) is 117 cm³/mol. The molecule has 2 aliphatic rings. The van der Waals surface area contributed by atoms with Crippen molar-refractivity contribution in [1.29, 1.82) is 0 Å². The van der Waals surface area contributed by atoms with Gasteiger partial charge in [0.05, 0.1) is 10.9 Å². The molecule has 32 heavy (non-hydrogen) atoms. The number of aryl methyl sites for hydroxylation is 1. The van der Waals surface area contributed by atoms with Crippen molar-refractivity contribution in [2.75, 3.05) is 18.7 Å². The van der Waals surface area contributed by atoms with E-state index in [1.807, 2.05) is 6.92 Å². The smallest absolute Gasteiger partial charge is 0.286 e. The van der Waals surface area contributed by atoms with Crippen LogP contribution in [0.1, 0.15) is 39.3 Å². The van der Waals surface area contributed by atoms with Gasteiger partial charge in [-0.25, -0.2) is 8.42 Å². The summed E-state index contributed by atoms with van der Waals surface area (Å²) < 4.78 is 38.4. The zero-order valence-electron chi connectivity index (χ0n) is 17.1. The first-order valence-corrected chi connectivity index (χ1v) is 12.3. The van der Waals surface area contributed by atoms with Crippen molar-refractivity contribution in [2.24, 2.45) is 0 Å². The first-order valence-electron chi connectivity index (χ1n) is 10.0. The average molecular weight is 473 g/mol. The Balaban J connectivity index is 1.34. The largest absolute Gasteiger partial charge is 0.454 e. The lowest BCUT2D eigenvalue weighted by atomic mass is 10.2.